The predicted molar refractivity (Wildman–Crippen MR) is 50.7 cm³/mol. The highest BCUT2D eigenvalue weighted by molar-refractivity contribution is 5.51. The van der Waals surface area contributed by atoms with Gasteiger partial charge >= 0.3 is 0 Å². The Morgan fingerprint density at radius 1 is 1.31 bits per heavy atom. The highest BCUT2D eigenvalue weighted by Crippen LogP contribution is 2.17. The van der Waals surface area contributed by atoms with E-state index in [2.05, 4.69) is 22.7 Å². The second-order valence-electron chi connectivity index (χ2n) is 4.02. The molecule has 1 unspecified atom stereocenters. The van der Waals surface area contributed by atoms with E-state index >= 15 is 0 Å². The summed E-state index contributed by atoms with van der Waals surface area (Å²) in [5.41, 5.74) is 0. The molecule has 2 rings (SSSR count). The van der Waals surface area contributed by atoms with Gasteiger partial charge in [0.25, 0.3) is 0 Å². The summed E-state index contributed by atoms with van der Waals surface area (Å²) in [4.78, 5) is 2.51. The van der Waals surface area contributed by atoms with Crippen LogP contribution >= 0.6 is 0 Å². The predicted octanol–water partition coefficient (Wildman–Crippen LogP) is -1.69. The highest BCUT2D eigenvalue weighted by atomic mass is 127. The van der Waals surface area contributed by atoms with Gasteiger partial charge in [0.2, 0.25) is 6.17 Å². The Bertz CT molecular complexity index is 191. The molecular weight excluding hydrogens is 275 g/mol. The lowest BCUT2D eigenvalue weighted by molar-refractivity contribution is -0.598. The Hall–Kier alpha value is 0.360. The second kappa shape index (κ2) is 5.29. The molecule has 0 saturated carbocycles. The molecule has 0 aromatic rings. The molecule has 0 spiro atoms. The number of halogens is 1. The lowest BCUT2D eigenvalue weighted by Crippen LogP contribution is -3.00. The summed E-state index contributed by atoms with van der Waals surface area (Å²) in [5, 5.41) is 0. The average molecular weight is 294 g/mol. The van der Waals surface area contributed by atoms with Gasteiger partial charge in [-0.2, -0.15) is 0 Å². The third-order valence-corrected chi connectivity index (χ3v) is 3.10. The van der Waals surface area contributed by atoms with E-state index in [0.717, 1.165) is 6.17 Å². The molecule has 0 bridgehead atoms. The van der Waals surface area contributed by atoms with Gasteiger partial charge in [0.05, 0.1) is 0 Å². The van der Waals surface area contributed by atoms with Crippen molar-refractivity contribution in [2.45, 2.75) is 38.3 Å². The minimum atomic E-state index is 0. The van der Waals surface area contributed by atoms with Crippen LogP contribution in [-0.2, 0) is 0 Å². The van der Waals surface area contributed by atoms with Crippen molar-refractivity contribution < 1.29 is 28.6 Å². The summed E-state index contributed by atoms with van der Waals surface area (Å²) in [6.07, 6.45) is 9.94. The fourth-order valence-corrected chi connectivity index (χ4v) is 2.38. The van der Waals surface area contributed by atoms with Crippen molar-refractivity contribution >= 4 is 6.21 Å². The highest BCUT2D eigenvalue weighted by Gasteiger charge is 2.29. The first kappa shape index (κ1) is 11.4. The Morgan fingerprint density at radius 3 is 3.00 bits per heavy atom. The minimum Gasteiger partial charge on any atom is -1.00 e. The fourth-order valence-electron chi connectivity index (χ4n) is 2.38. The zero-order chi connectivity index (χ0) is 8.39. The van der Waals surface area contributed by atoms with Crippen molar-refractivity contribution in [1.29, 1.82) is 0 Å². The fraction of sp³-hybridized carbons (Fsp3) is 0.900. The van der Waals surface area contributed by atoms with Gasteiger partial charge in [0.1, 0.15) is 12.8 Å². The quantitative estimate of drug-likeness (QED) is 0.382. The maximum atomic E-state index is 2.55. The van der Waals surface area contributed by atoms with Gasteiger partial charge in [-0.25, -0.2) is 9.48 Å². The van der Waals surface area contributed by atoms with Crippen LogP contribution in [0.15, 0.2) is 0 Å². The normalized spacial score (nSPS) is 29.6. The van der Waals surface area contributed by atoms with Crippen molar-refractivity contribution in [3.8, 4) is 0 Å². The average Bonchev–Trinajstić information content (AvgIpc) is 2.30. The summed E-state index contributed by atoms with van der Waals surface area (Å²) in [6, 6.07) is 0. The van der Waals surface area contributed by atoms with Crippen LogP contribution < -0.4 is 24.0 Å². The second-order valence-corrected chi connectivity index (χ2v) is 4.02. The van der Waals surface area contributed by atoms with E-state index in [1.807, 2.05) is 0 Å². The third-order valence-electron chi connectivity index (χ3n) is 3.10. The molecule has 1 atom stereocenters. The molecule has 0 aliphatic carbocycles. The molecular formula is C10H19IN2. The summed E-state index contributed by atoms with van der Waals surface area (Å²) in [7, 11) is 2.26. The van der Waals surface area contributed by atoms with Gasteiger partial charge in [-0.15, -0.1) is 0 Å². The largest absolute Gasteiger partial charge is 1.00 e. The smallest absolute Gasteiger partial charge is 0.208 e. The molecule has 3 heteroatoms. The number of nitrogens with zero attached hydrogens (tertiary/aromatic N) is 2. The summed E-state index contributed by atoms with van der Waals surface area (Å²) >= 11 is 0. The van der Waals surface area contributed by atoms with Crippen molar-refractivity contribution in [1.82, 2.24) is 4.90 Å². The number of hydrogen-bond donors (Lipinski definition) is 0. The lowest BCUT2D eigenvalue weighted by atomic mass is 10.1. The molecule has 0 aromatic heterocycles. The Kier molecular flexibility index (Phi) is 4.66. The molecule has 1 saturated heterocycles. The van der Waals surface area contributed by atoms with Crippen molar-refractivity contribution in [3.63, 3.8) is 0 Å². The molecule has 2 aliphatic rings. The first-order valence-electron chi connectivity index (χ1n) is 5.17. The molecule has 0 N–H and O–H groups in total. The Balaban J connectivity index is 0.000000845. The van der Waals surface area contributed by atoms with Crippen molar-refractivity contribution in [2.24, 2.45) is 0 Å². The molecule has 76 valence electrons. The molecule has 0 amide bonds. The topological polar surface area (TPSA) is 6.25 Å². The third kappa shape index (κ3) is 2.65. The minimum absolute atomic E-state index is 0. The maximum absolute atomic E-state index is 2.55. The first-order chi connectivity index (χ1) is 5.88. The van der Waals surface area contributed by atoms with Gasteiger partial charge in [0.15, 0.2) is 0 Å². The molecule has 2 heterocycles. The van der Waals surface area contributed by atoms with Crippen LogP contribution in [0.4, 0.5) is 0 Å². The SMILES string of the molecule is CN1CCC[N+]2=CCCCCC12.[I-]. The van der Waals surface area contributed by atoms with Crippen LogP contribution in [-0.4, -0.2) is 42.0 Å². The number of fused-ring (bicyclic) bond motifs is 1. The van der Waals surface area contributed by atoms with Gasteiger partial charge < -0.3 is 24.0 Å². The zero-order valence-electron chi connectivity index (χ0n) is 8.38. The van der Waals surface area contributed by atoms with Gasteiger partial charge in [-0.3, -0.25) is 0 Å². The van der Waals surface area contributed by atoms with Crippen LogP contribution in [0.1, 0.15) is 32.1 Å². The molecule has 2 aliphatic heterocycles. The van der Waals surface area contributed by atoms with E-state index in [9.17, 15) is 0 Å². The van der Waals surface area contributed by atoms with E-state index in [4.69, 9.17) is 0 Å². The molecule has 13 heavy (non-hydrogen) atoms. The standard InChI is InChI=1S/C10H19N2.HI/c1-11-7-5-9-12-8-4-2-3-6-10(11)12;/h8,10H,2-7,9H2,1H3;1H/q+1;/p-1. The monoisotopic (exact) mass is 294 g/mol. The van der Waals surface area contributed by atoms with Gasteiger partial charge in [-0.1, -0.05) is 0 Å². The summed E-state index contributed by atoms with van der Waals surface area (Å²) < 4.78 is 2.55. The van der Waals surface area contributed by atoms with Crippen LogP contribution in [0, 0.1) is 0 Å². The van der Waals surface area contributed by atoms with E-state index in [1.165, 1.54) is 45.2 Å². The molecule has 1 fully saturated rings. The van der Waals surface area contributed by atoms with Crippen LogP contribution in [0.2, 0.25) is 0 Å². The van der Waals surface area contributed by atoms with Crippen LogP contribution in [0.25, 0.3) is 0 Å². The molecule has 2 nitrogen and oxygen atoms in total. The zero-order valence-corrected chi connectivity index (χ0v) is 10.5. The number of hydrogen-bond acceptors (Lipinski definition) is 1. The molecule has 0 aromatic carbocycles. The maximum Gasteiger partial charge on any atom is 0.208 e. The number of rotatable bonds is 0. The van der Waals surface area contributed by atoms with E-state index in [-0.39, 0.29) is 24.0 Å². The van der Waals surface area contributed by atoms with E-state index in [1.54, 1.807) is 0 Å². The van der Waals surface area contributed by atoms with Gasteiger partial charge in [0, 0.05) is 25.8 Å². The lowest BCUT2D eigenvalue weighted by Gasteiger charge is -2.29. The Morgan fingerprint density at radius 2 is 2.15 bits per heavy atom. The van der Waals surface area contributed by atoms with Crippen molar-refractivity contribution in [3.05, 3.63) is 0 Å². The van der Waals surface area contributed by atoms with E-state index in [0.29, 0.717) is 0 Å². The summed E-state index contributed by atoms with van der Waals surface area (Å²) in [5.74, 6) is 0. The van der Waals surface area contributed by atoms with Gasteiger partial charge in [-0.05, 0) is 19.9 Å². The molecule has 0 radical (unpaired) electrons. The first-order valence-corrected chi connectivity index (χ1v) is 5.17. The summed E-state index contributed by atoms with van der Waals surface area (Å²) in [6.45, 7) is 2.57. The van der Waals surface area contributed by atoms with Crippen molar-refractivity contribution in [2.75, 3.05) is 20.1 Å². The van der Waals surface area contributed by atoms with Crippen LogP contribution in [0.3, 0.4) is 0 Å². The van der Waals surface area contributed by atoms with Crippen LogP contribution in [0.5, 0.6) is 0 Å². The Labute approximate surface area is 98.0 Å². The van der Waals surface area contributed by atoms with E-state index < -0.39 is 0 Å².